The highest BCUT2D eigenvalue weighted by Crippen LogP contribution is 2.40. The Balaban J connectivity index is 1.49. The number of H-pyrrole nitrogens is 1. The largest absolute Gasteiger partial charge is 0.418 e. The zero-order valence-corrected chi connectivity index (χ0v) is 31.4. The molecule has 0 radical (unpaired) electrons. The fraction of sp³-hybridized carbons (Fsp3) is 0.436. The number of rotatable bonds is 14. The zero-order chi connectivity index (χ0) is 39.2. The number of benzene rings is 2. The van der Waals surface area contributed by atoms with E-state index in [4.69, 9.17) is 12.2 Å². The molecule has 5 N–H and O–H groups in total. The minimum atomic E-state index is -4.63. The van der Waals surface area contributed by atoms with E-state index >= 15 is 0 Å². The van der Waals surface area contributed by atoms with Gasteiger partial charge in [-0.1, -0.05) is 83.1 Å². The van der Waals surface area contributed by atoms with E-state index < -0.39 is 58.8 Å². The number of nitrogens with zero attached hydrogens (tertiary/aromatic N) is 2. The number of nitrogens with one attached hydrogen (secondary N) is 5. The molecule has 1 aliphatic carbocycles. The molecule has 2 aromatic carbocycles. The molecule has 0 fully saturated rings. The van der Waals surface area contributed by atoms with Crippen molar-refractivity contribution in [2.45, 2.75) is 96.6 Å². The number of carbonyl (C=O) groups excluding carboxylic acids is 3. The Morgan fingerprint density at radius 1 is 0.963 bits per heavy atom. The van der Waals surface area contributed by atoms with E-state index in [1.165, 1.54) is 30.6 Å². The molecule has 1 aliphatic rings. The van der Waals surface area contributed by atoms with Crippen LogP contribution in [-0.2, 0) is 46.4 Å². The molecule has 0 saturated heterocycles. The van der Waals surface area contributed by atoms with Gasteiger partial charge in [-0.05, 0) is 47.9 Å². The second kappa shape index (κ2) is 17.0. The van der Waals surface area contributed by atoms with Crippen LogP contribution in [0.4, 0.5) is 17.6 Å². The number of aryl methyl sites for hydroxylation is 1. The van der Waals surface area contributed by atoms with E-state index in [-0.39, 0.29) is 42.7 Å². The van der Waals surface area contributed by atoms with Crippen molar-refractivity contribution in [3.63, 3.8) is 0 Å². The van der Waals surface area contributed by atoms with Crippen LogP contribution in [0.1, 0.15) is 74.9 Å². The molecule has 2 heterocycles. The first-order chi connectivity index (χ1) is 25.7. The molecule has 288 valence electrons. The maximum Gasteiger partial charge on any atom is 0.418 e. The molecule has 3 amide bonds. The Morgan fingerprint density at radius 3 is 2.31 bits per heavy atom. The van der Waals surface area contributed by atoms with E-state index in [2.05, 4.69) is 36.2 Å². The zero-order valence-electron chi connectivity index (χ0n) is 30.6. The van der Waals surface area contributed by atoms with Crippen LogP contribution in [0.25, 0.3) is 10.9 Å². The number of halogens is 4. The Kier molecular flexibility index (Phi) is 12.7. The summed E-state index contributed by atoms with van der Waals surface area (Å²) in [7, 11) is 0. The van der Waals surface area contributed by atoms with Crippen molar-refractivity contribution >= 4 is 45.8 Å². The average molecular weight is 768 g/mol. The predicted octanol–water partition coefficient (Wildman–Crippen LogP) is 5.88. The quantitative estimate of drug-likeness (QED) is 0.0798. The topological polar surface area (TPSA) is 141 Å². The number of aromatic amines is 1. The molecule has 54 heavy (non-hydrogen) atoms. The summed E-state index contributed by atoms with van der Waals surface area (Å²) in [4.78, 5) is 53.7. The standard InChI is InChI=1S/C39H45F4N7O3S/c1-5-22(3)32(48-31(51)16-25-10-7-8-13-29(25)40)35(52)50-38(15-14-30-27(17-38)26-11-9-12-28(34(26)47-30)39(41,42)43)37(53)49-33(23(4)6-2)36(54)46-20-24-18-44-21-45-19-24/h7-13,18-19,21-23,32-33,47H,5-6,14-17,20H2,1-4H3,(H,46,54)(H,48,51)(H,49,53)(H,50,52)/t22?,23?,32-,33-,38+/m0/s1. The number of amides is 3. The second-order valence-electron chi connectivity index (χ2n) is 14.1. The molecule has 0 bridgehead atoms. The molecule has 4 aromatic rings. The summed E-state index contributed by atoms with van der Waals surface area (Å²) < 4.78 is 56.6. The van der Waals surface area contributed by atoms with Gasteiger partial charge in [0.2, 0.25) is 17.7 Å². The molecule has 2 aromatic heterocycles. The van der Waals surface area contributed by atoms with Crippen LogP contribution >= 0.6 is 12.2 Å². The summed E-state index contributed by atoms with van der Waals surface area (Å²) in [5.74, 6) is -2.91. The van der Waals surface area contributed by atoms with Crippen LogP contribution in [-0.4, -0.2) is 55.3 Å². The molecule has 5 atom stereocenters. The summed E-state index contributed by atoms with van der Waals surface area (Å²) in [5.41, 5.74) is -0.633. The van der Waals surface area contributed by atoms with Gasteiger partial charge in [-0.25, -0.2) is 14.4 Å². The number of hydrogen-bond donors (Lipinski definition) is 5. The highest BCUT2D eigenvalue weighted by molar-refractivity contribution is 7.80. The van der Waals surface area contributed by atoms with Crippen molar-refractivity contribution in [1.29, 1.82) is 0 Å². The van der Waals surface area contributed by atoms with Crippen molar-refractivity contribution < 1.29 is 31.9 Å². The second-order valence-corrected chi connectivity index (χ2v) is 14.5. The van der Waals surface area contributed by atoms with Gasteiger partial charge in [-0.2, -0.15) is 13.2 Å². The van der Waals surface area contributed by atoms with E-state index in [0.717, 1.165) is 11.6 Å². The third-order valence-corrected chi connectivity index (χ3v) is 10.8. The smallest absolute Gasteiger partial charge is 0.374 e. The van der Waals surface area contributed by atoms with E-state index in [1.54, 1.807) is 31.5 Å². The summed E-state index contributed by atoms with van der Waals surface area (Å²) >= 11 is 5.78. The van der Waals surface area contributed by atoms with E-state index in [9.17, 15) is 31.9 Å². The number of carbonyl (C=O) groups is 3. The van der Waals surface area contributed by atoms with Gasteiger partial charge in [-0.15, -0.1) is 0 Å². The van der Waals surface area contributed by atoms with Gasteiger partial charge >= 0.3 is 6.18 Å². The van der Waals surface area contributed by atoms with Crippen molar-refractivity contribution in [3.05, 3.63) is 95.0 Å². The SMILES string of the molecule is CCC(C)[C@H](NC(=O)Cc1ccccc1F)C(=O)N[C@]1(C(=O)N[C@H](C(=S)NCc2cncnc2)C(C)CC)CCc2[nH]c3c(C(F)(F)F)cccc3c2C1. The Morgan fingerprint density at radius 2 is 1.65 bits per heavy atom. The van der Waals surface area contributed by atoms with E-state index in [0.29, 0.717) is 41.0 Å². The third-order valence-electron chi connectivity index (χ3n) is 10.4. The lowest BCUT2D eigenvalue weighted by Crippen LogP contribution is -2.67. The number of hydrogen-bond acceptors (Lipinski definition) is 6. The van der Waals surface area contributed by atoms with Crippen LogP contribution in [0, 0.1) is 17.7 Å². The lowest BCUT2D eigenvalue weighted by Gasteiger charge is -2.40. The van der Waals surface area contributed by atoms with Gasteiger partial charge < -0.3 is 26.3 Å². The number of aromatic nitrogens is 3. The Labute approximate surface area is 316 Å². The molecular weight excluding hydrogens is 723 g/mol. The minimum Gasteiger partial charge on any atom is -0.374 e. The van der Waals surface area contributed by atoms with Crippen LogP contribution in [0.2, 0.25) is 0 Å². The number of alkyl halides is 3. The molecule has 2 unspecified atom stereocenters. The average Bonchev–Trinajstić information content (AvgIpc) is 3.52. The molecule has 0 aliphatic heterocycles. The Hall–Kier alpha value is -4.92. The van der Waals surface area contributed by atoms with Gasteiger partial charge in [0.05, 0.1) is 28.5 Å². The molecule has 0 saturated carbocycles. The third kappa shape index (κ3) is 9.05. The number of fused-ring (bicyclic) bond motifs is 3. The van der Waals surface area contributed by atoms with Gasteiger partial charge in [0.15, 0.2) is 0 Å². The fourth-order valence-electron chi connectivity index (χ4n) is 6.82. The monoisotopic (exact) mass is 767 g/mol. The molecule has 5 rings (SSSR count). The van der Waals surface area contributed by atoms with Crippen molar-refractivity contribution in [3.8, 4) is 0 Å². The first-order valence-corrected chi connectivity index (χ1v) is 18.4. The van der Waals surface area contributed by atoms with Crippen molar-refractivity contribution in [2.24, 2.45) is 11.8 Å². The maximum atomic E-state index is 14.8. The summed E-state index contributed by atoms with van der Waals surface area (Å²) in [6, 6.07) is 7.94. The molecule has 15 heteroatoms. The maximum absolute atomic E-state index is 14.8. The predicted molar refractivity (Wildman–Crippen MR) is 201 cm³/mol. The fourth-order valence-corrected chi connectivity index (χ4v) is 7.18. The molecular formula is C39H45F4N7O3S. The van der Waals surface area contributed by atoms with Gasteiger partial charge in [0, 0.05) is 42.0 Å². The van der Waals surface area contributed by atoms with Crippen LogP contribution in [0.5, 0.6) is 0 Å². The van der Waals surface area contributed by atoms with Crippen molar-refractivity contribution in [2.75, 3.05) is 0 Å². The van der Waals surface area contributed by atoms with Crippen LogP contribution in [0.15, 0.2) is 61.2 Å². The first-order valence-electron chi connectivity index (χ1n) is 18.0. The normalized spacial score (nSPS) is 17.8. The van der Waals surface area contributed by atoms with Gasteiger partial charge in [0.1, 0.15) is 23.7 Å². The summed E-state index contributed by atoms with van der Waals surface area (Å²) in [5, 5.41) is 12.3. The lowest BCUT2D eigenvalue weighted by atomic mass is 9.78. The van der Waals surface area contributed by atoms with Crippen molar-refractivity contribution in [1.82, 2.24) is 36.2 Å². The van der Waals surface area contributed by atoms with Crippen LogP contribution < -0.4 is 21.3 Å². The van der Waals surface area contributed by atoms with Gasteiger partial charge in [-0.3, -0.25) is 14.4 Å². The lowest BCUT2D eigenvalue weighted by molar-refractivity contribution is -0.137. The van der Waals surface area contributed by atoms with Gasteiger partial charge in [0.25, 0.3) is 0 Å². The molecule has 0 spiro atoms. The molecule has 10 nitrogen and oxygen atoms in total. The highest BCUT2D eigenvalue weighted by atomic mass is 32.1. The van der Waals surface area contributed by atoms with E-state index in [1.807, 2.05) is 20.8 Å². The van der Waals surface area contributed by atoms with Crippen LogP contribution in [0.3, 0.4) is 0 Å². The highest BCUT2D eigenvalue weighted by Gasteiger charge is 2.47. The number of para-hydroxylation sites is 1. The first kappa shape index (κ1) is 40.3. The minimum absolute atomic E-state index is 0.0386. The summed E-state index contributed by atoms with van der Waals surface area (Å²) in [6.45, 7) is 7.80. The number of thiocarbonyl (C=S) groups is 1. The Bertz CT molecular complexity index is 1990. The summed E-state index contributed by atoms with van der Waals surface area (Å²) in [6.07, 6.45) is 0.911.